The number of carbonyl (C=O) groups is 2. The van der Waals surface area contributed by atoms with Gasteiger partial charge >= 0.3 is 0 Å². The standard InChI is InChI=1S/C38H48ClN3O6/c1-26-34(24-42-21-18-38(46,19-22-42)31-14-16-32(39)17-15-31)47-37(48-36(26)29-12-10-28(25-43)11-13-29)30-7-6-8-33(23-30)41-35(45)9-4-3-5-20-40-27(2)44/h6-8,10-17,23,26,34,36-37,43,46H,3-5,9,18-22,24-25H2,1-2H3,(H,40,44)(H,41,45)/t26-,34+,36+,37+/m1/s1. The molecule has 3 aromatic carbocycles. The first-order valence-electron chi connectivity index (χ1n) is 17.0. The van der Waals surface area contributed by atoms with Crippen molar-refractivity contribution in [2.45, 2.75) is 83.1 Å². The molecule has 4 N–H and O–H groups in total. The molecule has 2 aliphatic rings. The van der Waals surface area contributed by atoms with Gasteiger partial charge in [-0.1, -0.05) is 73.5 Å². The molecule has 0 spiro atoms. The largest absolute Gasteiger partial charge is 0.392 e. The number of anilines is 1. The van der Waals surface area contributed by atoms with Gasteiger partial charge < -0.3 is 35.2 Å². The van der Waals surface area contributed by atoms with Gasteiger partial charge in [0.2, 0.25) is 11.8 Å². The number of hydrogen-bond donors (Lipinski definition) is 4. The summed E-state index contributed by atoms with van der Waals surface area (Å²) in [6.07, 6.45) is 2.97. The van der Waals surface area contributed by atoms with Gasteiger partial charge in [-0.2, -0.15) is 0 Å². The second kappa shape index (κ2) is 16.9. The van der Waals surface area contributed by atoms with Crippen molar-refractivity contribution in [2.75, 3.05) is 31.5 Å². The van der Waals surface area contributed by atoms with Gasteiger partial charge in [0.05, 0.1) is 24.4 Å². The monoisotopic (exact) mass is 677 g/mol. The number of hydrogen-bond acceptors (Lipinski definition) is 7. The summed E-state index contributed by atoms with van der Waals surface area (Å²) in [5.74, 6) is -0.0827. The van der Waals surface area contributed by atoms with Crippen molar-refractivity contribution in [3.05, 3.63) is 100 Å². The summed E-state index contributed by atoms with van der Waals surface area (Å²) < 4.78 is 13.3. The van der Waals surface area contributed by atoms with Crippen LogP contribution >= 0.6 is 11.6 Å². The molecule has 10 heteroatoms. The molecular weight excluding hydrogens is 630 g/mol. The van der Waals surface area contributed by atoms with E-state index < -0.39 is 11.9 Å². The van der Waals surface area contributed by atoms with Crippen LogP contribution in [0, 0.1) is 5.92 Å². The predicted molar refractivity (Wildman–Crippen MR) is 186 cm³/mol. The summed E-state index contributed by atoms with van der Waals surface area (Å²) in [4.78, 5) is 26.1. The van der Waals surface area contributed by atoms with Crippen molar-refractivity contribution in [3.8, 4) is 0 Å². The molecule has 2 heterocycles. The Morgan fingerprint density at radius 3 is 2.38 bits per heavy atom. The third-order valence-corrected chi connectivity index (χ3v) is 9.78. The second-order valence-corrected chi connectivity index (χ2v) is 13.6. The Morgan fingerprint density at radius 1 is 0.958 bits per heavy atom. The van der Waals surface area contributed by atoms with E-state index >= 15 is 0 Å². The Morgan fingerprint density at radius 2 is 1.69 bits per heavy atom. The molecule has 258 valence electrons. The van der Waals surface area contributed by atoms with Crippen molar-refractivity contribution in [1.82, 2.24) is 10.2 Å². The van der Waals surface area contributed by atoms with Gasteiger partial charge in [-0.15, -0.1) is 0 Å². The van der Waals surface area contributed by atoms with E-state index in [-0.39, 0.29) is 36.5 Å². The van der Waals surface area contributed by atoms with Crippen LogP contribution in [0.1, 0.15) is 87.0 Å². The van der Waals surface area contributed by atoms with E-state index in [1.165, 1.54) is 6.92 Å². The first-order valence-corrected chi connectivity index (χ1v) is 17.4. The van der Waals surface area contributed by atoms with Gasteiger partial charge in [-0.05, 0) is 66.6 Å². The molecule has 3 aromatic rings. The molecule has 0 aliphatic carbocycles. The first-order chi connectivity index (χ1) is 23.1. The lowest BCUT2D eigenvalue weighted by Gasteiger charge is -2.45. The molecule has 2 amide bonds. The Hall–Kier alpha value is -3.31. The van der Waals surface area contributed by atoms with Crippen LogP contribution in [0.4, 0.5) is 5.69 Å². The summed E-state index contributed by atoms with van der Waals surface area (Å²) in [7, 11) is 0. The third-order valence-electron chi connectivity index (χ3n) is 9.52. The average Bonchev–Trinajstić information content (AvgIpc) is 3.08. The minimum Gasteiger partial charge on any atom is -0.392 e. The number of piperidine rings is 1. The number of nitrogens with zero attached hydrogens (tertiary/aromatic N) is 1. The van der Waals surface area contributed by atoms with Crippen LogP contribution in [0.2, 0.25) is 5.02 Å². The number of nitrogens with one attached hydrogen (secondary N) is 2. The van der Waals surface area contributed by atoms with Gasteiger partial charge in [0.15, 0.2) is 6.29 Å². The normalized spacial score (nSPS) is 22.6. The lowest BCUT2D eigenvalue weighted by atomic mass is 9.84. The zero-order valence-corrected chi connectivity index (χ0v) is 28.6. The van der Waals surface area contributed by atoms with Crippen molar-refractivity contribution >= 4 is 29.1 Å². The maximum atomic E-state index is 12.7. The number of likely N-dealkylation sites (tertiary alicyclic amines) is 1. The molecule has 2 saturated heterocycles. The van der Waals surface area contributed by atoms with Crippen molar-refractivity contribution in [1.29, 1.82) is 0 Å². The molecular formula is C38H48ClN3O6. The summed E-state index contributed by atoms with van der Waals surface area (Å²) in [6.45, 7) is 6.37. The van der Waals surface area contributed by atoms with Crippen molar-refractivity contribution in [2.24, 2.45) is 5.92 Å². The van der Waals surface area contributed by atoms with Gasteiger partial charge in [-0.3, -0.25) is 9.59 Å². The predicted octanol–water partition coefficient (Wildman–Crippen LogP) is 6.24. The molecule has 5 rings (SSSR count). The summed E-state index contributed by atoms with van der Waals surface area (Å²) in [6, 6.07) is 22.9. The van der Waals surface area contributed by atoms with Crippen LogP contribution < -0.4 is 10.6 Å². The highest BCUT2D eigenvalue weighted by Gasteiger charge is 2.41. The van der Waals surface area contributed by atoms with Gasteiger partial charge in [0, 0.05) is 61.7 Å². The molecule has 2 aliphatic heterocycles. The highest BCUT2D eigenvalue weighted by molar-refractivity contribution is 6.30. The van der Waals surface area contributed by atoms with Gasteiger partial charge in [-0.25, -0.2) is 0 Å². The lowest BCUT2D eigenvalue weighted by molar-refractivity contribution is -0.277. The summed E-state index contributed by atoms with van der Waals surface area (Å²) in [5, 5.41) is 27.5. The highest BCUT2D eigenvalue weighted by Crippen LogP contribution is 2.43. The van der Waals surface area contributed by atoms with E-state index in [9.17, 15) is 19.8 Å². The maximum Gasteiger partial charge on any atom is 0.224 e. The molecule has 0 saturated carbocycles. The van der Waals surface area contributed by atoms with Crippen LogP contribution in [-0.2, 0) is 31.3 Å². The van der Waals surface area contributed by atoms with Crippen LogP contribution in [0.25, 0.3) is 0 Å². The number of benzene rings is 3. The first kappa shape index (κ1) is 36.0. The fourth-order valence-electron chi connectivity index (χ4n) is 6.58. The van der Waals surface area contributed by atoms with E-state index in [1.54, 1.807) is 0 Å². The molecule has 48 heavy (non-hydrogen) atoms. The number of halogens is 1. The van der Waals surface area contributed by atoms with Crippen LogP contribution in [0.15, 0.2) is 72.8 Å². The number of carbonyl (C=O) groups excluding carboxylic acids is 2. The smallest absolute Gasteiger partial charge is 0.224 e. The Bertz CT molecular complexity index is 1490. The van der Waals surface area contributed by atoms with E-state index in [4.69, 9.17) is 21.1 Å². The molecule has 2 fully saturated rings. The average molecular weight is 678 g/mol. The molecule has 9 nitrogen and oxygen atoms in total. The number of aliphatic hydroxyl groups excluding tert-OH is 1. The topological polar surface area (TPSA) is 120 Å². The maximum absolute atomic E-state index is 12.7. The Kier molecular flexibility index (Phi) is 12.7. The fraction of sp³-hybridized carbons (Fsp3) is 0.474. The van der Waals surface area contributed by atoms with Crippen LogP contribution in [0.3, 0.4) is 0 Å². The molecule has 4 atom stereocenters. The summed E-state index contributed by atoms with van der Waals surface area (Å²) in [5.41, 5.74) is 3.34. The molecule has 0 aromatic heterocycles. The number of amides is 2. The highest BCUT2D eigenvalue weighted by atomic mass is 35.5. The SMILES string of the molecule is CC(=O)NCCCCCC(=O)Nc1cccc([C@H]2O[C@@H](CN3CCC(O)(c4ccc(Cl)cc4)CC3)[C@@H](C)[C@@H](c3ccc(CO)cc3)O2)c1. The Labute approximate surface area is 288 Å². The van der Waals surface area contributed by atoms with E-state index in [0.717, 1.165) is 54.6 Å². The third kappa shape index (κ3) is 9.65. The second-order valence-electron chi connectivity index (χ2n) is 13.1. The Balaban J connectivity index is 1.25. The van der Waals surface area contributed by atoms with Crippen LogP contribution in [0.5, 0.6) is 0 Å². The van der Waals surface area contributed by atoms with Gasteiger partial charge in [0.1, 0.15) is 0 Å². The van der Waals surface area contributed by atoms with E-state index in [2.05, 4.69) is 22.5 Å². The molecule has 0 bridgehead atoms. The number of unbranched alkanes of at least 4 members (excludes halogenated alkanes) is 2. The summed E-state index contributed by atoms with van der Waals surface area (Å²) >= 11 is 6.09. The lowest BCUT2D eigenvalue weighted by Crippen LogP contribution is -2.49. The zero-order chi connectivity index (χ0) is 34.1. The van der Waals surface area contributed by atoms with Crippen molar-refractivity contribution < 1.29 is 29.3 Å². The number of aliphatic hydroxyl groups is 2. The zero-order valence-electron chi connectivity index (χ0n) is 27.9. The minimum absolute atomic E-state index is 0.0202. The number of ether oxygens (including phenoxy) is 2. The van der Waals surface area contributed by atoms with E-state index in [0.29, 0.717) is 43.1 Å². The minimum atomic E-state index is -0.889. The fourth-order valence-corrected chi connectivity index (χ4v) is 6.70. The quantitative estimate of drug-likeness (QED) is 0.158. The van der Waals surface area contributed by atoms with E-state index in [1.807, 2.05) is 72.8 Å². The van der Waals surface area contributed by atoms with Crippen LogP contribution in [-0.4, -0.2) is 59.2 Å². The van der Waals surface area contributed by atoms with Gasteiger partial charge in [0.25, 0.3) is 0 Å². The van der Waals surface area contributed by atoms with Crippen molar-refractivity contribution in [3.63, 3.8) is 0 Å². The molecule has 0 radical (unpaired) electrons. The number of rotatable bonds is 13. The molecule has 0 unspecified atom stereocenters.